The summed E-state index contributed by atoms with van der Waals surface area (Å²) in [6.45, 7) is 9.06. The summed E-state index contributed by atoms with van der Waals surface area (Å²) in [6.07, 6.45) is 4.60. The van der Waals surface area contributed by atoms with Crippen LogP contribution in [0.15, 0.2) is 12.4 Å². The second-order valence-corrected chi connectivity index (χ2v) is 4.34. The van der Waals surface area contributed by atoms with E-state index in [-0.39, 0.29) is 11.7 Å². The van der Waals surface area contributed by atoms with Gasteiger partial charge in [0.15, 0.2) is 5.82 Å². The standard InChI is InChI=1S/C12H20N2O/c1-5-7-14-8-6-13-12(14)11(15)10(4)9(2)3/h6,8-10H,5,7H2,1-4H3. The molecule has 0 bridgehead atoms. The Morgan fingerprint density at radius 1 is 1.47 bits per heavy atom. The van der Waals surface area contributed by atoms with Gasteiger partial charge in [-0.15, -0.1) is 0 Å². The van der Waals surface area contributed by atoms with Crippen LogP contribution in [0.3, 0.4) is 0 Å². The fourth-order valence-corrected chi connectivity index (χ4v) is 1.46. The van der Waals surface area contributed by atoms with Crippen LogP contribution in [0.2, 0.25) is 0 Å². The van der Waals surface area contributed by atoms with Crippen molar-refractivity contribution >= 4 is 5.78 Å². The summed E-state index contributed by atoms with van der Waals surface area (Å²) >= 11 is 0. The number of aromatic nitrogens is 2. The van der Waals surface area contributed by atoms with Crippen molar-refractivity contribution in [2.45, 2.75) is 40.7 Å². The van der Waals surface area contributed by atoms with E-state index in [0.717, 1.165) is 13.0 Å². The maximum atomic E-state index is 12.1. The number of carbonyl (C=O) groups excluding carboxylic acids is 1. The molecule has 1 unspecified atom stereocenters. The number of imidazole rings is 1. The highest BCUT2D eigenvalue weighted by molar-refractivity contribution is 5.94. The van der Waals surface area contributed by atoms with E-state index < -0.39 is 0 Å². The number of hydrogen-bond donors (Lipinski definition) is 0. The van der Waals surface area contributed by atoms with E-state index in [1.165, 1.54) is 0 Å². The van der Waals surface area contributed by atoms with Crippen molar-refractivity contribution in [3.8, 4) is 0 Å². The number of ketones is 1. The maximum absolute atomic E-state index is 12.1. The van der Waals surface area contributed by atoms with Crippen LogP contribution in [-0.2, 0) is 6.54 Å². The van der Waals surface area contributed by atoms with Gasteiger partial charge in [-0.2, -0.15) is 0 Å². The molecule has 3 nitrogen and oxygen atoms in total. The number of hydrogen-bond acceptors (Lipinski definition) is 2. The van der Waals surface area contributed by atoms with Gasteiger partial charge in [0.1, 0.15) is 0 Å². The van der Waals surface area contributed by atoms with Crippen LogP contribution in [0.1, 0.15) is 44.7 Å². The average molecular weight is 208 g/mol. The lowest BCUT2D eigenvalue weighted by Crippen LogP contribution is -2.21. The number of carbonyl (C=O) groups is 1. The van der Waals surface area contributed by atoms with E-state index >= 15 is 0 Å². The number of rotatable bonds is 5. The predicted octanol–water partition coefficient (Wildman–Crippen LogP) is 2.77. The fraction of sp³-hybridized carbons (Fsp3) is 0.667. The van der Waals surface area contributed by atoms with E-state index in [2.05, 4.69) is 25.8 Å². The maximum Gasteiger partial charge on any atom is 0.201 e. The van der Waals surface area contributed by atoms with Gasteiger partial charge in [0, 0.05) is 24.9 Å². The largest absolute Gasteiger partial charge is 0.329 e. The normalized spacial score (nSPS) is 13.1. The summed E-state index contributed by atoms with van der Waals surface area (Å²) in [5.74, 6) is 1.17. The number of Topliss-reactive ketones (excluding diaryl/α,β-unsaturated/α-hetero) is 1. The molecule has 0 aliphatic carbocycles. The summed E-state index contributed by atoms with van der Waals surface area (Å²) in [5.41, 5.74) is 0. The molecule has 0 fully saturated rings. The summed E-state index contributed by atoms with van der Waals surface area (Å²) in [5, 5.41) is 0. The van der Waals surface area contributed by atoms with Crippen LogP contribution in [0.25, 0.3) is 0 Å². The molecule has 0 aromatic carbocycles. The molecular formula is C12H20N2O. The van der Waals surface area contributed by atoms with E-state index in [9.17, 15) is 4.79 Å². The average Bonchev–Trinajstić information content (AvgIpc) is 2.64. The second kappa shape index (κ2) is 5.10. The highest BCUT2D eigenvalue weighted by Gasteiger charge is 2.22. The Labute approximate surface area is 91.5 Å². The molecule has 3 heteroatoms. The monoisotopic (exact) mass is 208 g/mol. The van der Waals surface area contributed by atoms with Crippen molar-refractivity contribution in [3.63, 3.8) is 0 Å². The predicted molar refractivity (Wildman–Crippen MR) is 60.9 cm³/mol. The number of nitrogens with zero attached hydrogens (tertiary/aromatic N) is 2. The SMILES string of the molecule is CCCn1ccnc1C(=O)C(C)C(C)C. The molecule has 0 saturated heterocycles. The Hall–Kier alpha value is -1.12. The van der Waals surface area contributed by atoms with Gasteiger partial charge >= 0.3 is 0 Å². The summed E-state index contributed by atoms with van der Waals surface area (Å²) in [6, 6.07) is 0. The molecule has 0 spiro atoms. The Balaban J connectivity index is 2.86. The third kappa shape index (κ3) is 2.67. The lowest BCUT2D eigenvalue weighted by molar-refractivity contribution is 0.0884. The van der Waals surface area contributed by atoms with E-state index in [0.29, 0.717) is 11.7 Å². The van der Waals surface area contributed by atoms with Gasteiger partial charge in [-0.1, -0.05) is 27.7 Å². The molecule has 0 aliphatic rings. The van der Waals surface area contributed by atoms with Gasteiger partial charge in [0.2, 0.25) is 5.78 Å². The van der Waals surface area contributed by atoms with Gasteiger partial charge in [-0.3, -0.25) is 4.79 Å². The van der Waals surface area contributed by atoms with Gasteiger partial charge in [-0.05, 0) is 12.3 Å². The summed E-state index contributed by atoms with van der Waals surface area (Å²) in [7, 11) is 0. The molecule has 1 heterocycles. The smallest absolute Gasteiger partial charge is 0.201 e. The molecule has 1 rings (SSSR count). The molecule has 0 radical (unpaired) electrons. The molecule has 1 aromatic heterocycles. The zero-order valence-corrected chi connectivity index (χ0v) is 10.0. The van der Waals surface area contributed by atoms with Crippen LogP contribution < -0.4 is 0 Å². The first kappa shape index (κ1) is 12.0. The van der Waals surface area contributed by atoms with Gasteiger partial charge in [0.25, 0.3) is 0 Å². The van der Waals surface area contributed by atoms with Crippen LogP contribution in [0.5, 0.6) is 0 Å². The van der Waals surface area contributed by atoms with Crippen molar-refractivity contribution in [3.05, 3.63) is 18.2 Å². The van der Waals surface area contributed by atoms with Crippen molar-refractivity contribution in [2.24, 2.45) is 11.8 Å². The lowest BCUT2D eigenvalue weighted by Gasteiger charge is -2.14. The van der Waals surface area contributed by atoms with Gasteiger partial charge in [0.05, 0.1) is 0 Å². The third-order valence-electron chi connectivity index (χ3n) is 2.81. The first-order valence-corrected chi connectivity index (χ1v) is 5.63. The molecule has 1 atom stereocenters. The molecule has 84 valence electrons. The van der Waals surface area contributed by atoms with Crippen molar-refractivity contribution < 1.29 is 4.79 Å². The van der Waals surface area contributed by atoms with Gasteiger partial charge in [-0.25, -0.2) is 4.98 Å². The topological polar surface area (TPSA) is 34.9 Å². The fourth-order valence-electron chi connectivity index (χ4n) is 1.46. The highest BCUT2D eigenvalue weighted by Crippen LogP contribution is 2.15. The number of aryl methyl sites for hydroxylation is 1. The van der Waals surface area contributed by atoms with E-state index in [4.69, 9.17) is 0 Å². The highest BCUT2D eigenvalue weighted by atomic mass is 16.1. The van der Waals surface area contributed by atoms with Crippen molar-refractivity contribution in [2.75, 3.05) is 0 Å². The second-order valence-electron chi connectivity index (χ2n) is 4.34. The third-order valence-corrected chi connectivity index (χ3v) is 2.81. The molecule has 0 aliphatic heterocycles. The molecule has 0 amide bonds. The zero-order valence-electron chi connectivity index (χ0n) is 10.0. The minimum absolute atomic E-state index is 0.0445. The van der Waals surface area contributed by atoms with Crippen LogP contribution in [0.4, 0.5) is 0 Å². The molecule has 1 aromatic rings. The van der Waals surface area contributed by atoms with Crippen molar-refractivity contribution in [1.29, 1.82) is 0 Å². The zero-order chi connectivity index (χ0) is 11.4. The first-order chi connectivity index (χ1) is 7.07. The lowest BCUT2D eigenvalue weighted by atomic mass is 9.93. The van der Waals surface area contributed by atoms with E-state index in [1.54, 1.807) is 6.20 Å². The Bertz CT molecular complexity index is 328. The molecule has 0 N–H and O–H groups in total. The summed E-state index contributed by atoms with van der Waals surface area (Å²) in [4.78, 5) is 16.2. The van der Waals surface area contributed by atoms with E-state index in [1.807, 2.05) is 17.7 Å². The quantitative estimate of drug-likeness (QED) is 0.697. The Kier molecular flexibility index (Phi) is 4.06. The van der Waals surface area contributed by atoms with Crippen LogP contribution in [-0.4, -0.2) is 15.3 Å². The molecular weight excluding hydrogens is 188 g/mol. The van der Waals surface area contributed by atoms with Crippen LogP contribution in [0, 0.1) is 11.8 Å². The minimum Gasteiger partial charge on any atom is -0.329 e. The Morgan fingerprint density at radius 3 is 2.67 bits per heavy atom. The first-order valence-electron chi connectivity index (χ1n) is 5.63. The molecule has 15 heavy (non-hydrogen) atoms. The van der Waals surface area contributed by atoms with Crippen molar-refractivity contribution in [1.82, 2.24) is 9.55 Å². The minimum atomic E-state index is 0.0445. The Morgan fingerprint density at radius 2 is 2.13 bits per heavy atom. The summed E-state index contributed by atoms with van der Waals surface area (Å²) < 4.78 is 1.95. The van der Waals surface area contributed by atoms with Gasteiger partial charge < -0.3 is 4.57 Å². The van der Waals surface area contributed by atoms with Crippen LogP contribution >= 0.6 is 0 Å². The molecule has 0 saturated carbocycles.